The fourth-order valence-corrected chi connectivity index (χ4v) is 5.46. The minimum atomic E-state index is -3.48. The van der Waals surface area contributed by atoms with Crippen LogP contribution in [0.1, 0.15) is 18.4 Å². The Kier molecular flexibility index (Phi) is 6.89. The van der Waals surface area contributed by atoms with Gasteiger partial charge in [-0.3, -0.25) is 4.79 Å². The first-order chi connectivity index (χ1) is 15.0. The number of rotatable bonds is 7. The molecule has 0 saturated carbocycles. The lowest BCUT2D eigenvalue weighted by molar-refractivity contribution is -0.130. The van der Waals surface area contributed by atoms with Gasteiger partial charge in [0.05, 0.1) is 18.1 Å². The molecule has 2 aromatic carbocycles. The number of benzene rings is 2. The molecule has 0 aromatic heterocycles. The van der Waals surface area contributed by atoms with Crippen molar-refractivity contribution in [2.75, 3.05) is 44.7 Å². The van der Waals surface area contributed by atoms with Gasteiger partial charge in [0, 0.05) is 44.3 Å². The van der Waals surface area contributed by atoms with Gasteiger partial charge in [0.15, 0.2) is 0 Å². The largest absolute Gasteiger partial charge is 0.380 e. The van der Waals surface area contributed by atoms with Gasteiger partial charge in [-0.25, -0.2) is 8.42 Å². The zero-order chi connectivity index (χ0) is 21.7. The smallest absolute Gasteiger partial charge is 0.243 e. The van der Waals surface area contributed by atoms with E-state index in [2.05, 4.69) is 5.32 Å². The molecular formula is C23H29N3O4S. The summed E-state index contributed by atoms with van der Waals surface area (Å²) < 4.78 is 32.1. The van der Waals surface area contributed by atoms with Crippen LogP contribution in [0.25, 0.3) is 0 Å². The van der Waals surface area contributed by atoms with Crippen LogP contribution in [0, 0.1) is 0 Å². The van der Waals surface area contributed by atoms with Crippen molar-refractivity contribution in [1.29, 1.82) is 0 Å². The van der Waals surface area contributed by atoms with Crippen LogP contribution in [0.4, 0.5) is 5.69 Å². The molecule has 8 heteroatoms. The number of carbonyl (C=O) groups is 1. The third-order valence-corrected chi connectivity index (χ3v) is 7.76. The predicted molar refractivity (Wildman–Crippen MR) is 119 cm³/mol. The second-order valence-corrected chi connectivity index (χ2v) is 9.93. The molecule has 1 amide bonds. The van der Waals surface area contributed by atoms with Crippen molar-refractivity contribution in [2.24, 2.45) is 0 Å². The Morgan fingerprint density at radius 3 is 2.42 bits per heavy atom. The molecule has 2 saturated heterocycles. The van der Waals surface area contributed by atoms with Gasteiger partial charge >= 0.3 is 0 Å². The Balaban J connectivity index is 1.27. The third kappa shape index (κ3) is 5.44. The molecule has 2 fully saturated rings. The minimum Gasteiger partial charge on any atom is -0.380 e. The molecule has 2 aliphatic rings. The van der Waals surface area contributed by atoms with Crippen molar-refractivity contribution < 1.29 is 17.9 Å². The molecule has 1 atom stereocenters. The third-order valence-electron chi connectivity index (χ3n) is 5.84. The fourth-order valence-electron chi connectivity index (χ4n) is 4.05. The van der Waals surface area contributed by atoms with Crippen LogP contribution in [0.2, 0.25) is 0 Å². The van der Waals surface area contributed by atoms with E-state index in [0.29, 0.717) is 50.6 Å². The van der Waals surface area contributed by atoms with Crippen molar-refractivity contribution in [3.05, 3.63) is 60.2 Å². The van der Waals surface area contributed by atoms with E-state index >= 15 is 0 Å². The lowest BCUT2D eigenvalue weighted by Crippen LogP contribution is -2.40. The summed E-state index contributed by atoms with van der Waals surface area (Å²) in [4.78, 5) is 14.8. The number of morpholine rings is 1. The first-order valence-corrected chi connectivity index (χ1v) is 12.2. The quantitative estimate of drug-likeness (QED) is 0.711. The number of anilines is 1. The molecule has 0 radical (unpaired) electrons. The Morgan fingerprint density at radius 1 is 1.00 bits per heavy atom. The normalized spacial score (nSPS) is 20.0. The Labute approximate surface area is 184 Å². The van der Waals surface area contributed by atoms with Crippen LogP contribution < -0.4 is 5.32 Å². The van der Waals surface area contributed by atoms with E-state index in [1.54, 1.807) is 12.1 Å². The van der Waals surface area contributed by atoms with Gasteiger partial charge in [-0.15, -0.1) is 0 Å². The van der Waals surface area contributed by atoms with Crippen molar-refractivity contribution in [1.82, 2.24) is 9.21 Å². The number of ether oxygens (including phenoxy) is 1. The predicted octanol–water partition coefficient (Wildman–Crippen LogP) is 2.35. The number of nitrogens with zero attached hydrogens (tertiary/aromatic N) is 2. The van der Waals surface area contributed by atoms with E-state index in [1.165, 1.54) is 4.31 Å². The van der Waals surface area contributed by atoms with E-state index in [0.717, 1.165) is 24.2 Å². The van der Waals surface area contributed by atoms with Crippen LogP contribution in [0.3, 0.4) is 0 Å². The van der Waals surface area contributed by atoms with Gasteiger partial charge in [0.1, 0.15) is 0 Å². The van der Waals surface area contributed by atoms with E-state index in [4.69, 9.17) is 4.74 Å². The highest BCUT2D eigenvalue weighted by molar-refractivity contribution is 7.89. The molecule has 0 spiro atoms. The maximum Gasteiger partial charge on any atom is 0.243 e. The summed E-state index contributed by atoms with van der Waals surface area (Å²) >= 11 is 0. The molecule has 2 aromatic rings. The average Bonchev–Trinajstić information content (AvgIpc) is 3.27. The molecule has 1 N–H and O–H groups in total. The summed E-state index contributed by atoms with van der Waals surface area (Å²) in [5.41, 5.74) is 2.04. The van der Waals surface area contributed by atoms with Gasteiger partial charge in [-0.1, -0.05) is 30.3 Å². The van der Waals surface area contributed by atoms with Gasteiger partial charge in [-0.2, -0.15) is 4.31 Å². The summed E-state index contributed by atoms with van der Waals surface area (Å²) in [6.45, 7) is 3.10. The molecule has 4 rings (SSSR count). The van der Waals surface area contributed by atoms with Crippen molar-refractivity contribution in [3.63, 3.8) is 0 Å². The summed E-state index contributed by atoms with van der Waals surface area (Å²) in [5, 5.41) is 3.48. The van der Waals surface area contributed by atoms with E-state index in [-0.39, 0.29) is 11.9 Å². The summed E-state index contributed by atoms with van der Waals surface area (Å²) in [5.74, 6) is 0.141. The van der Waals surface area contributed by atoms with Crippen molar-refractivity contribution >= 4 is 21.6 Å². The average molecular weight is 444 g/mol. The molecule has 31 heavy (non-hydrogen) atoms. The second kappa shape index (κ2) is 9.80. The van der Waals surface area contributed by atoms with Crippen LogP contribution in [-0.4, -0.2) is 69.0 Å². The first kappa shape index (κ1) is 21.8. The number of amides is 1. The first-order valence-electron chi connectivity index (χ1n) is 10.8. The Bertz CT molecular complexity index is 974. The number of hydrogen-bond donors (Lipinski definition) is 1. The molecule has 1 unspecified atom stereocenters. The fraction of sp³-hybridized carbons (Fsp3) is 0.435. The number of nitrogens with one attached hydrogen (secondary N) is 1. The standard InChI is InChI=1S/C23H29N3O4S/c27-23(25-13-12-21(18-25)24-20-4-2-1-3-5-20)11-8-19-6-9-22(10-7-19)31(28,29)26-14-16-30-17-15-26/h1-7,9-10,21,24H,8,11-18H2. The van der Waals surface area contributed by atoms with Crippen LogP contribution in [0.5, 0.6) is 0 Å². The monoisotopic (exact) mass is 443 g/mol. The Hall–Kier alpha value is -2.42. The molecule has 0 bridgehead atoms. The zero-order valence-electron chi connectivity index (χ0n) is 17.6. The summed E-state index contributed by atoms with van der Waals surface area (Å²) in [6, 6.07) is 17.2. The topological polar surface area (TPSA) is 79.0 Å². The minimum absolute atomic E-state index is 0.141. The van der Waals surface area contributed by atoms with Crippen LogP contribution in [0.15, 0.2) is 59.5 Å². The SMILES string of the molecule is O=C(CCc1ccc(S(=O)(=O)N2CCOCC2)cc1)N1CCC(Nc2ccccc2)C1. The lowest BCUT2D eigenvalue weighted by Gasteiger charge is -2.26. The summed E-state index contributed by atoms with van der Waals surface area (Å²) in [7, 11) is -3.48. The highest BCUT2D eigenvalue weighted by atomic mass is 32.2. The number of likely N-dealkylation sites (tertiary alicyclic amines) is 1. The number of hydrogen-bond acceptors (Lipinski definition) is 5. The van der Waals surface area contributed by atoms with E-state index < -0.39 is 10.0 Å². The highest BCUT2D eigenvalue weighted by Crippen LogP contribution is 2.20. The molecule has 166 valence electrons. The van der Waals surface area contributed by atoms with Gasteiger partial charge < -0.3 is 15.0 Å². The molecule has 7 nitrogen and oxygen atoms in total. The van der Waals surface area contributed by atoms with E-state index in [9.17, 15) is 13.2 Å². The maximum atomic E-state index is 12.7. The number of aryl methyl sites for hydroxylation is 1. The van der Waals surface area contributed by atoms with Crippen LogP contribution in [-0.2, 0) is 26.0 Å². The number of carbonyl (C=O) groups excluding carboxylic acids is 1. The number of sulfonamides is 1. The number of para-hydroxylation sites is 1. The van der Waals surface area contributed by atoms with Gasteiger partial charge in [0.2, 0.25) is 15.9 Å². The van der Waals surface area contributed by atoms with Crippen molar-refractivity contribution in [3.8, 4) is 0 Å². The van der Waals surface area contributed by atoms with E-state index in [1.807, 2.05) is 47.4 Å². The van der Waals surface area contributed by atoms with Gasteiger partial charge in [-0.05, 0) is 42.7 Å². The highest BCUT2D eigenvalue weighted by Gasteiger charge is 2.27. The Morgan fingerprint density at radius 2 is 1.71 bits per heavy atom. The van der Waals surface area contributed by atoms with Crippen LogP contribution >= 0.6 is 0 Å². The summed E-state index contributed by atoms with van der Waals surface area (Å²) in [6.07, 6.45) is 1.96. The van der Waals surface area contributed by atoms with Gasteiger partial charge in [0.25, 0.3) is 0 Å². The molecule has 0 aliphatic carbocycles. The molecule has 2 heterocycles. The molecule has 2 aliphatic heterocycles. The lowest BCUT2D eigenvalue weighted by atomic mass is 10.1. The zero-order valence-corrected chi connectivity index (χ0v) is 18.4. The second-order valence-electron chi connectivity index (χ2n) is 8.00. The van der Waals surface area contributed by atoms with Crippen molar-refractivity contribution in [2.45, 2.75) is 30.2 Å². The maximum absolute atomic E-state index is 12.7. The molecular weight excluding hydrogens is 414 g/mol.